The van der Waals surface area contributed by atoms with E-state index in [0.29, 0.717) is 22.6 Å². The average Bonchev–Trinajstić information content (AvgIpc) is 2.77. The van der Waals surface area contributed by atoms with Crippen LogP contribution in [0.1, 0.15) is 21.6 Å². The summed E-state index contributed by atoms with van der Waals surface area (Å²) in [6.07, 6.45) is 1.57. The number of carbonyl (C=O) groups is 1. The van der Waals surface area contributed by atoms with E-state index >= 15 is 0 Å². The van der Waals surface area contributed by atoms with Crippen LogP contribution in [0.2, 0.25) is 0 Å². The van der Waals surface area contributed by atoms with Crippen LogP contribution in [0.25, 0.3) is 0 Å². The number of ether oxygens (including phenoxy) is 2. The Balaban J connectivity index is 2.51. The van der Waals surface area contributed by atoms with E-state index in [1.807, 2.05) is 6.92 Å². The van der Waals surface area contributed by atoms with Gasteiger partial charge in [0.25, 0.3) is 0 Å². The number of carbonyl (C=O) groups excluding carboxylic acids is 1. The molecule has 0 atom stereocenters. The summed E-state index contributed by atoms with van der Waals surface area (Å²) in [5, 5.41) is 4.08. The van der Waals surface area contributed by atoms with E-state index in [-0.39, 0.29) is 5.78 Å². The number of hydrogen-bond acceptors (Lipinski definition) is 4. The molecular weight excluding hydrogens is 244 g/mol. The lowest BCUT2D eigenvalue weighted by molar-refractivity contribution is 0.103. The number of benzene rings is 1. The Morgan fingerprint density at radius 3 is 2.47 bits per heavy atom. The zero-order valence-electron chi connectivity index (χ0n) is 11.4. The molecule has 0 aliphatic carbocycles. The van der Waals surface area contributed by atoms with E-state index < -0.39 is 0 Å². The van der Waals surface area contributed by atoms with E-state index in [0.717, 1.165) is 5.69 Å². The van der Waals surface area contributed by atoms with Crippen LogP contribution >= 0.6 is 0 Å². The van der Waals surface area contributed by atoms with Gasteiger partial charge in [-0.15, -0.1) is 0 Å². The zero-order chi connectivity index (χ0) is 14.0. The lowest BCUT2D eigenvalue weighted by Gasteiger charge is -2.09. The van der Waals surface area contributed by atoms with Gasteiger partial charge in [-0.2, -0.15) is 5.10 Å². The molecule has 1 heterocycles. The van der Waals surface area contributed by atoms with Crippen LogP contribution in [0.3, 0.4) is 0 Å². The van der Waals surface area contributed by atoms with Crippen molar-refractivity contribution in [2.24, 2.45) is 7.05 Å². The van der Waals surface area contributed by atoms with Gasteiger partial charge in [-0.25, -0.2) is 0 Å². The number of aryl methyl sites for hydroxylation is 1. The molecular formula is C14H16N2O3. The van der Waals surface area contributed by atoms with Gasteiger partial charge < -0.3 is 9.47 Å². The van der Waals surface area contributed by atoms with Crippen LogP contribution in [0.5, 0.6) is 11.5 Å². The first-order valence-electron chi connectivity index (χ1n) is 5.83. The molecule has 0 N–H and O–H groups in total. The highest BCUT2D eigenvalue weighted by molar-refractivity contribution is 6.11. The summed E-state index contributed by atoms with van der Waals surface area (Å²) < 4.78 is 12.0. The quantitative estimate of drug-likeness (QED) is 0.789. The standard InChI is InChI=1S/C14H16N2O3/c1-9-12(8-15-16(9)2)14(17)11-7-10(18-3)5-6-13(11)19-4/h5-8H,1-4H3. The minimum atomic E-state index is -0.124. The van der Waals surface area contributed by atoms with Crippen LogP contribution in [-0.2, 0) is 7.05 Å². The fraction of sp³-hybridized carbons (Fsp3) is 0.286. The average molecular weight is 260 g/mol. The Bertz CT molecular complexity index is 617. The fourth-order valence-corrected chi connectivity index (χ4v) is 1.86. The van der Waals surface area contributed by atoms with Gasteiger partial charge in [-0.3, -0.25) is 9.48 Å². The third-order valence-corrected chi connectivity index (χ3v) is 3.13. The molecule has 0 bridgehead atoms. The van der Waals surface area contributed by atoms with Gasteiger partial charge in [-0.1, -0.05) is 0 Å². The van der Waals surface area contributed by atoms with Crippen molar-refractivity contribution in [2.75, 3.05) is 14.2 Å². The molecule has 0 aliphatic rings. The van der Waals surface area contributed by atoms with Crippen LogP contribution in [-0.4, -0.2) is 29.8 Å². The molecule has 1 aromatic heterocycles. The third-order valence-electron chi connectivity index (χ3n) is 3.13. The second kappa shape index (κ2) is 5.14. The second-order valence-corrected chi connectivity index (χ2v) is 4.16. The van der Waals surface area contributed by atoms with Crippen molar-refractivity contribution in [1.82, 2.24) is 9.78 Å². The Morgan fingerprint density at radius 2 is 1.95 bits per heavy atom. The number of rotatable bonds is 4. The van der Waals surface area contributed by atoms with Gasteiger partial charge in [0.2, 0.25) is 0 Å². The Morgan fingerprint density at radius 1 is 1.21 bits per heavy atom. The van der Waals surface area contributed by atoms with E-state index in [1.165, 1.54) is 7.11 Å². The van der Waals surface area contributed by atoms with Crippen molar-refractivity contribution >= 4 is 5.78 Å². The van der Waals surface area contributed by atoms with Crippen molar-refractivity contribution in [3.05, 3.63) is 41.2 Å². The lowest BCUT2D eigenvalue weighted by atomic mass is 10.0. The summed E-state index contributed by atoms with van der Waals surface area (Å²) >= 11 is 0. The smallest absolute Gasteiger partial charge is 0.200 e. The fourth-order valence-electron chi connectivity index (χ4n) is 1.86. The normalized spacial score (nSPS) is 10.3. The Labute approximate surface area is 111 Å². The first-order valence-corrected chi connectivity index (χ1v) is 5.83. The first kappa shape index (κ1) is 13.1. The topological polar surface area (TPSA) is 53.4 Å². The van der Waals surface area contributed by atoms with Gasteiger partial charge in [0, 0.05) is 12.7 Å². The molecule has 100 valence electrons. The summed E-state index contributed by atoms with van der Waals surface area (Å²) in [6, 6.07) is 5.15. The van der Waals surface area contributed by atoms with E-state index in [4.69, 9.17) is 9.47 Å². The molecule has 0 saturated heterocycles. The highest BCUT2D eigenvalue weighted by atomic mass is 16.5. The molecule has 2 aromatic rings. The summed E-state index contributed by atoms with van der Waals surface area (Å²) in [4.78, 5) is 12.5. The first-order chi connectivity index (χ1) is 9.08. The molecule has 5 heteroatoms. The van der Waals surface area contributed by atoms with Gasteiger partial charge in [0.05, 0.1) is 31.5 Å². The van der Waals surface area contributed by atoms with E-state index in [2.05, 4.69) is 5.10 Å². The molecule has 0 fully saturated rings. The van der Waals surface area contributed by atoms with Crippen molar-refractivity contribution in [2.45, 2.75) is 6.92 Å². The van der Waals surface area contributed by atoms with Crippen LogP contribution in [0.4, 0.5) is 0 Å². The SMILES string of the molecule is COc1ccc(OC)c(C(=O)c2cnn(C)c2C)c1. The van der Waals surface area contributed by atoms with Crippen molar-refractivity contribution < 1.29 is 14.3 Å². The van der Waals surface area contributed by atoms with Crippen LogP contribution in [0, 0.1) is 6.92 Å². The Hall–Kier alpha value is -2.30. The predicted octanol–water partition coefficient (Wildman–Crippen LogP) is 1.98. The molecule has 0 unspecified atom stereocenters. The van der Waals surface area contributed by atoms with E-state index in [9.17, 15) is 4.79 Å². The summed E-state index contributed by atoms with van der Waals surface area (Å²) in [5.41, 5.74) is 1.85. The minimum absolute atomic E-state index is 0.124. The summed E-state index contributed by atoms with van der Waals surface area (Å²) in [5.74, 6) is 1.01. The number of aromatic nitrogens is 2. The summed E-state index contributed by atoms with van der Waals surface area (Å²) in [6.45, 7) is 1.85. The number of ketones is 1. The number of methoxy groups -OCH3 is 2. The van der Waals surface area contributed by atoms with Crippen LogP contribution < -0.4 is 9.47 Å². The van der Waals surface area contributed by atoms with Gasteiger partial charge in [0.1, 0.15) is 11.5 Å². The van der Waals surface area contributed by atoms with Crippen LogP contribution in [0.15, 0.2) is 24.4 Å². The maximum Gasteiger partial charge on any atom is 0.200 e. The molecule has 5 nitrogen and oxygen atoms in total. The minimum Gasteiger partial charge on any atom is -0.497 e. The largest absolute Gasteiger partial charge is 0.497 e. The molecule has 0 saturated carbocycles. The highest BCUT2D eigenvalue weighted by Gasteiger charge is 2.19. The Kier molecular flexibility index (Phi) is 3.55. The zero-order valence-corrected chi connectivity index (χ0v) is 11.4. The third kappa shape index (κ3) is 2.31. The molecule has 2 rings (SSSR count). The highest BCUT2D eigenvalue weighted by Crippen LogP contribution is 2.27. The second-order valence-electron chi connectivity index (χ2n) is 4.16. The van der Waals surface area contributed by atoms with Crippen molar-refractivity contribution in [1.29, 1.82) is 0 Å². The molecule has 0 spiro atoms. The van der Waals surface area contributed by atoms with Gasteiger partial charge in [-0.05, 0) is 25.1 Å². The van der Waals surface area contributed by atoms with Gasteiger partial charge >= 0.3 is 0 Å². The lowest BCUT2D eigenvalue weighted by Crippen LogP contribution is -2.06. The maximum absolute atomic E-state index is 12.5. The number of nitrogens with zero attached hydrogens (tertiary/aromatic N) is 2. The maximum atomic E-state index is 12.5. The number of hydrogen-bond donors (Lipinski definition) is 0. The summed E-state index contributed by atoms with van der Waals surface area (Å²) in [7, 11) is 4.90. The van der Waals surface area contributed by atoms with Crippen molar-refractivity contribution in [3.8, 4) is 11.5 Å². The van der Waals surface area contributed by atoms with Crippen molar-refractivity contribution in [3.63, 3.8) is 0 Å². The predicted molar refractivity (Wildman–Crippen MR) is 70.9 cm³/mol. The van der Waals surface area contributed by atoms with Gasteiger partial charge in [0.15, 0.2) is 5.78 Å². The van der Waals surface area contributed by atoms with E-state index in [1.54, 1.807) is 43.2 Å². The molecule has 0 amide bonds. The monoisotopic (exact) mass is 260 g/mol. The molecule has 1 aromatic carbocycles. The molecule has 0 aliphatic heterocycles. The molecule has 19 heavy (non-hydrogen) atoms. The molecule has 0 radical (unpaired) electrons.